The van der Waals surface area contributed by atoms with Gasteiger partial charge in [0.05, 0.1) is 6.42 Å². The standard InChI is InChI=1S/C4H8NO7P.Na.H/c5-2(1-3(6)7)4(8)12-13(9,10)11;;/h2H,1,5H2,(H,6,7)(H2,9,10,11);;/t2-;;/m0../s1. The molecule has 0 amide bonds. The number of nitrogens with two attached hydrogens (primary N) is 1. The number of carboxylic acid groups (broad SMARTS) is 1. The van der Waals surface area contributed by atoms with E-state index in [1.807, 2.05) is 0 Å². The first kappa shape index (κ1) is 16.5. The topological polar surface area (TPSA) is 147 Å². The van der Waals surface area contributed by atoms with Gasteiger partial charge in [-0.25, -0.2) is 9.36 Å². The molecule has 0 aliphatic rings. The van der Waals surface area contributed by atoms with Gasteiger partial charge in [-0.1, -0.05) is 0 Å². The zero-order valence-corrected chi connectivity index (χ0v) is 7.18. The van der Waals surface area contributed by atoms with E-state index >= 15 is 0 Å². The normalized spacial score (nSPS) is 12.5. The fourth-order valence-corrected chi connectivity index (χ4v) is 0.826. The Hall–Kier alpha value is 0.0500. The average Bonchev–Trinajstić information content (AvgIpc) is 1.81. The molecule has 8 nitrogen and oxygen atoms in total. The van der Waals surface area contributed by atoms with Crippen molar-refractivity contribution < 1.29 is 33.6 Å². The van der Waals surface area contributed by atoms with E-state index in [-0.39, 0.29) is 29.6 Å². The van der Waals surface area contributed by atoms with Crippen LogP contribution in [0.4, 0.5) is 0 Å². The minimum atomic E-state index is -4.94. The summed E-state index contributed by atoms with van der Waals surface area (Å²) in [5.41, 5.74) is 4.93. The number of rotatable bonds is 4. The van der Waals surface area contributed by atoms with Crippen LogP contribution in [0.5, 0.6) is 0 Å². The predicted molar refractivity (Wildman–Crippen MR) is 45.5 cm³/mol. The molecule has 0 aliphatic heterocycles. The Labute approximate surface area is 101 Å². The van der Waals surface area contributed by atoms with Crippen molar-refractivity contribution in [3.8, 4) is 0 Å². The van der Waals surface area contributed by atoms with E-state index in [1.165, 1.54) is 0 Å². The molecular weight excluding hydrogens is 228 g/mol. The number of aliphatic carboxylic acids is 1. The SMILES string of the molecule is N[C@@H](CC(=O)O)C(=O)OP(=O)(O)O.[NaH]. The summed E-state index contributed by atoms with van der Waals surface area (Å²) in [6.45, 7) is 0. The Kier molecular flexibility index (Phi) is 7.67. The molecule has 0 unspecified atom stereocenters. The summed E-state index contributed by atoms with van der Waals surface area (Å²) in [5, 5.41) is 8.15. The van der Waals surface area contributed by atoms with Gasteiger partial charge in [-0.3, -0.25) is 14.6 Å². The number of phosphoric ester groups is 1. The molecule has 14 heavy (non-hydrogen) atoms. The second-order valence-electron chi connectivity index (χ2n) is 2.11. The zero-order chi connectivity index (χ0) is 10.6. The molecule has 0 fully saturated rings. The van der Waals surface area contributed by atoms with Crippen molar-refractivity contribution in [2.75, 3.05) is 0 Å². The van der Waals surface area contributed by atoms with Gasteiger partial charge in [-0.2, -0.15) is 0 Å². The van der Waals surface area contributed by atoms with Gasteiger partial charge in [0.15, 0.2) is 0 Å². The Balaban J connectivity index is 0. The van der Waals surface area contributed by atoms with Gasteiger partial charge in [0.25, 0.3) is 0 Å². The summed E-state index contributed by atoms with van der Waals surface area (Å²) in [5.74, 6) is -2.81. The van der Waals surface area contributed by atoms with Crippen LogP contribution >= 0.6 is 7.82 Å². The van der Waals surface area contributed by atoms with Crippen molar-refractivity contribution in [1.82, 2.24) is 0 Å². The molecule has 0 radical (unpaired) electrons. The third-order valence-electron chi connectivity index (χ3n) is 0.906. The van der Waals surface area contributed by atoms with E-state index < -0.39 is 32.2 Å². The molecule has 0 spiro atoms. The molecule has 0 rings (SSSR count). The van der Waals surface area contributed by atoms with Gasteiger partial charge in [-0.15, -0.1) is 0 Å². The summed E-state index contributed by atoms with van der Waals surface area (Å²) >= 11 is 0. The molecule has 5 N–H and O–H groups in total. The minimum absolute atomic E-state index is 0. The second kappa shape index (κ2) is 6.52. The third kappa shape index (κ3) is 8.64. The summed E-state index contributed by atoms with van der Waals surface area (Å²) in [4.78, 5) is 36.9. The molecular formula is C4H9NNaO7P. The Morgan fingerprint density at radius 1 is 1.43 bits per heavy atom. The molecule has 0 aromatic rings. The van der Waals surface area contributed by atoms with Crippen LogP contribution in [0.25, 0.3) is 0 Å². The van der Waals surface area contributed by atoms with Crippen LogP contribution in [-0.2, 0) is 18.7 Å². The average molecular weight is 237 g/mol. The van der Waals surface area contributed by atoms with Crippen molar-refractivity contribution >= 4 is 49.3 Å². The number of phosphoric acid groups is 1. The predicted octanol–water partition coefficient (Wildman–Crippen LogP) is -2.22. The maximum atomic E-state index is 10.6. The van der Waals surface area contributed by atoms with Crippen LogP contribution in [0.15, 0.2) is 0 Å². The number of carboxylic acids is 1. The van der Waals surface area contributed by atoms with Crippen LogP contribution in [0, 0.1) is 0 Å². The van der Waals surface area contributed by atoms with Gasteiger partial charge in [0, 0.05) is 0 Å². The summed E-state index contributed by atoms with van der Waals surface area (Å²) < 4.78 is 13.6. The van der Waals surface area contributed by atoms with Crippen LogP contribution in [-0.4, -0.2) is 62.4 Å². The van der Waals surface area contributed by atoms with E-state index in [4.69, 9.17) is 20.6 Å². The maximum absolute atomic E-state index is 10.6. The number of hydrogen-bond acceptors (Lipinski definition) is 5. The van der Waals surface area contributed by atoms with Crippen molar-refractivity contribution in [3.05, 3.63) is 0 Å². The summed E-state index contributed by atoms with van der Waals surface area (Å²) in [7, 11) is -4.94. The monoisotopic (exact) mass is 237 g/mol. The van der Waals surface area contributed by atoms with Crippen LogP contribution < -0.4 is 5.73 Å². The first-order valence-corrected chi connectivity index (χ1v) is 4.52. The molecule has 0 saturated carbocycles. The van der Waals surface area contributed by atoms with Gasteiger partial charge in [0.2, 0.25) is 0 Å². The summed E-state index contributed by atoms with van der Waals surface area (Å²) in [6.07, 6.45) is -0.751. The molecule has 10 heteroatoms. The van der Waals surface area contributed by atoms with Crippen LogP contribution in [0.3, 0.4) is 0 Å². The molecule has 78 valence electrons. The van der Waals surface area contributed by atoms with E-state index in [9.17, 15) is 14.2 Å². The molecule has 0 aromatic heterocycles. The Bertz CT molecular complexity index is 262. The number of carbonyl (C=O) groups is 2. The molecule has 0 saturated heterocycles. The fraction of sp³-hybridized carbons (Fsp3) is 0.500. The zero-order valence-electron chi connectivity index (χ0n) is 6.28. The summed E-state index contributed by atoms with van der Waals surface area (Å²) in [6, 6.07) is -1.58. The van der Waals surface area contributed by atoms with Crippen molar-refractivity contribution in [3.63, 3.8) is 0 Å². The van der Waals surface area contributed by atoms with Crippen molar-refractivity contribution in [2.24, 2.45) is 5.73 Å². The van der Waals surface area contributed by atoms with E-state index in [0.29, 0.717) is 0 Å². The molecule has 0 bridgehead atoms. The van der Waals surface area contributed by atoms with Gasteiger partial charge in [-0.05, 0) is 0 Å². The van der Waals surface area contributed by atoms with E-state index in [2.05, 4.69) is 4.52 Å². The number of hydrogen-bond donors (Lipinski definition) is 4. The van der Waals surface area contributed by atoms with E-state index in [0.717, 1.165) is 0 Å². The second-order valence-corrected chi connectivity index (χ2v) is 3.27. The molecule has 0 aromatic carbocycles. The van der Waals surface area contributed by atoms with Gasteiger partial charge >= 0.3 is 49.3 Å². The molecule has 0 heterocycles. The van der Waals surface area contributed by atoms with E-state index in [1.54, 1.807) is 0 Å². The molecule has 0 aliphatic carbocycles. The Morgan fingerprint density at radius 3 is 2.14 bits per heavy atom. The van der Waals surface area contributed by atoms with Crippen molar-refractivity contribution in [2.45, 2.75) is 12.5 Å². The first-order chi connectivity index (χ1) is 5.72. The quantitative estimate of drug-likeness (QED) is 0.317. The van der Waals surface area contributed by atoms with Crippen molar-refractivity contribution in [1.29, 1.82) is 0 Å². The van der Waals surface area contributed by atoms with Crippen LogP contribution in [0.2, 0.25) is 0 Å². The molecule has 1 atom stereocenters. The Morgan fingerprint density at radius 2 is 1.86 bits per heavy atom. The number of carbonyl (C=O) groups excluding carboxylic acids is 1. The first-order valence-electron chi connectivity index (χ1n) is 2.98. The third-order valence-corrected chi connectivity index (χ3v) is 1.32. The fourth-order valence-electron chi connectivity index (χ4n) is 0.456. The van der Waals surface area contributed by atoms with Gasteiger partial charge in [0.1, 0.15) is 6.04 Å². The van der Waals surface area contributed by atoms with Crippen LogP contribution in [0.1, 0.15) is 6.42 Å². The van der Waals surface area contributed by atoms with Gasteiger partial charge < -0.3 is 15.4 Å².